The maximum atomic E-state index is 12.5. The first kappa shape index (κ1) is 19.7. The number of nitrogens with zero attached hydrogens (tertiary/aromatic N) is 2. The van der Waals surface area contributed by atoms with Gasteiger partial charge in [-0.2, -0.15) is 0 Å². The van der Waals surface area contributed by atoms with Crippen LogP contribution in [0.5, 0.6) is 0 Å². The first-order valence-corrected chi connectivity index (χ1v) is 11.2. The van der Waals surface area contributed by atoms with Crippen LogP contribution < -0.4 is 10.2 Å². The zero-order valence-electron chi connectivity index (χ0n) is 15.8. The predicted octanol–water partition coefficient (Wildman–Crippen LogP) is 4.41. The lowest BCUT2D eigenvalue weighted by Gasteiger charge is -2.28. The van der Waals surface area contributed by atoms with Gasteiger partial charge >= 0.3 is 0 Å². The van der Waals surface area contributed by atoms with E-state index in [-0.39, 0.29) is 6.54 Å². The maximum Gasteiger partial charge on any atom is 0.294 e. The minimum atomic E-state index is -0.427. The fraction of sp³-hybridized carbons (Fsp3) is 0.286. The number of rotatable bonds is 5. The molecule has 0 atom stereocenters. The summed E-state index contributed by atoms with van der Waals surface area (Å²) in [4.78, 5) is 41.6. The van der Waals surface area contributed by atoms with Crippen molar-refractivity contribution < 1.29 is 14.4 Å². The van der Waals surface area contributed by atoms with Crippen molar-refractivity contribution in [3.05, 3.63) is 51.6 Å². The molecule has 2 fully saturated rings. The van der Waals surface area contributed by atoms with Gasteiger partial charge in [-0.3, -0.25) is 19.3 Å². The highest BCUT2D eigenvalue weighted by atomic mass is 32.2. The number of anilines is 2. The lowest BCUT2D eigenvalue weighted by atomic mass is 10.1. The summed E-state index contributed by atoms with van der Waals surface area (Å²) in [5.74, 6) is -0.820. The molecular weight excluding hydrogens is 406 g/mol. The SMILES string of the molecule is O=C(CN1C(=O)S/C(=C\c2cccs2)C1=O)Nc1ccc(N2CCCCC2)cc1. The lowest BCUT2D eigenvalue weighted by molar-refractivity contribution is -0.127. The summed E-state index contributed by atoms with van der Waals surface area (Å²) < 4.78 is 0. The topological polar surface area (TPSA) is 69.7 Å². The third-order valence-corrected chi connectivity index (χ3v) is 6.59. The molecule has 3 heterocycles. The molecule has 29 heavy (non-hydrogen) atoms. The second-order valence-corrected chi connectivity index (χ2v) is 8.90. The molecule has 0 unspecified atom stereocenters. The van der Waals surface area contributed by atoms with Crippen LogP contribution in [-0.2, 0) is 9.59 Å². The standard InChI is InChI=1S/C21H21N3O3S2/c25-19(22-15-6-8-16(9-7-15)23-10-2-1-3-11-23)14-24-20(26)18(29-21(24)27)13-17-5-4-12-28-17/h4-9,12-13H,1-3,10-11,14H2,(H,22,25)/b18-13-. The van der Waals surface area contributed by atoms with Crippen molar-refractivity contribution in [3.8, 4) is 0 Å². The molecule has 150 valence electrons. The van der Waals surface area contributed by atoms with Crippen LogP contribution in [0.25, 0.3) is 6.08 Å². The Hall–Kier alpha value is -2.58. The van der Waals surface area contributed by atoms with E-state index in [9.17, 15) is 14.4 Å². The van der Waals surface area contributed by atoms with Crippen LogP contribution in [0.3, 0.4) is 0 Å². The summed E-state index contributed by atoms with van der Waals surface area (Å²) in [5, 5.41) is 4.25. The fourth-order valence-corrected chi connectivity index (χ4v) is 4.95. The number of amides is 3. The Morgan fingerprint density at radius 1 is 1.07 bits per heavy atom. The third kappa shape index (κ3) is 4.71. The van der Waals surface area contributed by atoms with E-state index < -0.39 is 17.1 Å². The Bertz CT molecular complexity index is 933. The van der Waals surface area contributed by atoms with Gasteiger partial charge in [0, 0.05) is 29.3 Å². The van der Waals surface area contributed by atoms with Gasteiger partial charge < -0.3 is 10.2 Å². The van der Waals surface area contributed by atoms with Gasteiger partial charge in [0.1, 0.15) is 6.54 Å². The molecule has 0 aliphatic carbocycles. The lowest BCUT2D eigenvalue weighted by Crippen LogP contribution is -2.36. The number of carbonyl (C=O) groups is 3. The van der Waals surface area contributed by atoms with Gasteiger partial charge in [-0.05, 0) is 72.8 Å². The molecule has 4 rings (SSSR count). The molecule has 2 aliphatic heterocycles. The summed E-state index contributed by atoms with van der Waals surface area (Å²) in [6.07, 6.45) is 5.38. The quantitative estimate of drug-likeness (QED) is 0.716. The van der Waals surface area contributed by atoms with Gasteiger partial charge in [0.05, 0.1) is 4.91 Å². The third-order valence-electron chi connectivity index (χ3n) is 4.86. The summed E-state index contributed by atoms with van der Waals surface area (Å²) in [5.41, 5.74) is 1.80. The number of nitrogens with one attached hydrogen (secondary N) is 1. The molecule has 1 N–H and O–H groups in total. The smallest absolute Gasteiger partial charge is 0.294 e. The molecule has 2 aliphatic rings. The van der Waals surface area contributed by atoms with E-state index in [2.05, 4.69) is 10.2 Å². The number of piperidine rings is 1. The average Bonchev–Trinajstić information content (AvgIpc) is 3.33. The Balaban J connectivity index is 1.35. The minimum absolute atomic E-state index is 0.291. The van der Waals surface area contributed by atoms with E-state index in [4.69, 9.17) is 0 Å². The highest BCUT2D eigenvalue weighted by molar-refractivity contribution is 8.18. The molecule has 6 nitrogen and oxygen atoms in total. The van der Waals surface area contributed by atoms with Crippen LogP contribution >= 0.6 is 23.1 Å². The number of hydrogen-bond acceptors (Lipinski definition) is 6. The van der Waals surface area contributed by atoms with Crippen molar-refractivity contribution in [1.82, 2.24) is 4.90 Å². The van der Waals surface area contributed by atoms with Crippen molar-refractivity contribution >= 4 is 57.6 Å². The fourth-order valence-electron chi connectivity index (χ4n) is 3.39. The first-order valence-electron chi connectivity index (χ1n) is 9.54. The van der Waals surface area contributed by atoms with Crippen molar-refractivity contribution in [2.45, 2.75) is 19.3 Å². The number of imide groups is 1. The summed E-state index contributed by atoms with van der Waals surface area (Å²) in [6, 6.07) is 11.4. The van der Waals surface area contributed by atoms with Crippen LogP contribution in [0.15, 0.2) is 46.7 Å². The normalized spacial score (nSPS) is 18.6. The Morgan fingerprint density at radius 3 is 2.52 bits per heavy atom. The molecule has 0 radical (unpaired) electrons. The Labute approximate surface area is 177 Å². The van der Waals surface area contributed by atoms with Gasteiger partial charge in [0.2, 0.25) is 5.91 Å². The Kier molecular flexibility index (Phi) is 6.01. The number of thioether (sulfide) groups is 1. The van der Waals surface area contributed by atoms with Gasteiger partial charge in [-0.25, -0.2) is 0 Å². The van der Waals surface area contributed by atoms with Crippen molar-refractivity contribution in [2.75, 3.05) is 29.9 Å². The van der Waals surface area contributed by atoms with E-state index in [1.54, 1.807) is 6.08 Å². The number of thiophene rings is 1. The highest BCUT2D eigenvalue weighted by Gasteiger charge is 2.36. The van der Waals surface area contributed by atoms with Crippen LogP contribution in [0.2, 0.25) is 0 Å². The molecule has 3 amide bonds. The van der Waals surface area contributed by atoms with Gasteiger partial charge in [0.25, 0.3) is 11.1 Å². The summed E-state index contributed by atoms with van der Waals surface area (Å²) in [6.45, 7) is 1.83. The highest BCUT2D eigenvalue weighted by Crippen LogP contribution is 2.32. The zero-order valence-corrected chi connectivity index (χ0v) is 17.4. The molecule has 0 spiro atoms. The van der Waals surface area contributed by atoms with Crippen molar-refractivity contribution in [2.24, 2.45) is 0 Å². The van der Waals surface area contributed by atoms with E-state index >= 15 is 0 Å². The average molecular weight is 428 g/mol. The van der Waals surface area contributed by atoms with Gasteiger partial charge in [0.15, 0.2) is 0 Å². The molecular formula is C21H21N3O3S2. The largest absolute Gasteiger partial charge is 0.372 e. The van der Waals surface area contributed by atoms with Crippen LogP contribution in [0, 0.1) is 0 Å². The van der Waals surface area contributed by atoms with Crippen molar-refractivity contribution in [3.63, 3.8) is 0 Å². The second kappa shape index (κ2) is 8.84. The molecule has 2 saturated heterocycles. The van der Waals surface area contributed by atoms with E-state index in [0.29, 0.717) is 10.6 Å². The van der Waals surface area contributed by atoms with Gasteiger partial charge in [-0.1, -0.05) is 6.07 Å². The van der Waals surface area contributed by atoms with Crippen molar-refractivity contribution in [1.29, 1.82) is 0 Å². The van der Waals surface area contributed by atoms with E-state index in [1.807, 2.05) is 41.8 Å². The number of benzene rings is 1. The predicted molar refractivity (Wildman–Crippen MR) is 118 cm³/mol. The first-order chi connectivity index (χ1) is 14.1. The second-order valence-electron chi connectivity index (χ2n) is 6.93. The molecule has 1 aromatic heterocycles. The zero-order chi connectivity index (χ0) is 20.2. The monoisotopic (exact) mass is 427 g/mol. The Morgan fingerprint density at radius 2 is 1.83 bits per heavy atom. The number of carbonyl (C=O) groups excluding carboxylic acids is 3. The van der Waals surface area contributed by atoms with E-state index in [1.165, 1.54) is 30.6 Å². The molecule has 0 bridgehead atoms. The number of hydrogen-bond donors (Lipinski definition) is 1. The van der Waals surface area contributed by atoms with E-state index in [0.717, 1.165) is 40.3 Å². The molecule has 2 aromatic rings. The summed E-state index contributed by atoms with van der Waals surface area (Å²) in [7, 11) is 0. The van der Waals surface area contributed by atoms with Crippen LogP contribution in [0.1, 0.15) is 24.1 Å². The molecule has 0 saturated carbocycles. The van der Waals surface area contributed by atoms with Crippen LogP contribution in [-0.4, -0.2) is 41.6 Å². The summed E-state index contributed by atoms with van der Waals surface area (Å²) >= 11 is 2.35. The van der Waals surface area contributed by atoms with Gasteiger partial charge in [-0.15, -0.1) is 11.3 Å². The van der Waals surface area contributed by atoms with Crippen LogP contribution in [0.4, 0.5) is 16.2 Å². The molecule has 8 heteroatoms. The minimum Gasteiger partial charge on any atom is -0.372 e. The maximum absolute atomic E-state index is 12.5. The molecule has 1 aromatic carbocycles.